The largest absolute Gasteiger partial charge is 0.478 e. The molecule has 13 heavy (non-hydrogen) atoms. The van der Waals surface area contributed by atoms with Crippen molar-refractivity contribution in [2.24, 2.45) is 0 Å². The molecule has 0 rings (SSSR count). The van der Waals surface area contributed by atoms with Gasteiger partial charge in [-0.15, -0.1) is 0 Å². The zero-order valence-corrected chi connectivity index (χ0v) is 7.07. The third-order valence-electron chi connectivity index (χ3n) is 1.43. The van der Waals surface area contributed by atoms with E-state index in [1.165, 1.54) is 0 Å². The molecule has 0 heterocycles. The van der Waals surface area contributed by atoms with Gasteiger partial charge in [-0.3, -0.25) is 4.79 Å². The second kappa shape index (κ2) is 5.06. The number of rotatable bonds is 4. The van der Waals surface area contributed by atoms with Gasteiger partial charge in [0.05, 0.1) is 6.07 Å². The number of aliphatic hydroxyl groups is 1. The average molecular weight is 183 g/mol. The molecule has 0 bridgehead atoms. The van der Waals surface area contributed by atoms with Crippen molar-refractivity contribution >= 4 is 11.8 Å². The Morgan fingerprint density at radius 3 is 2.23 bits per heavy atom. The quantitative estimate of drug-likeness (QED) is 0.273. The lowest BCUT2D eigenvalue weighted by Crippen LogP contribution is -2.17. The molecule has 0 aliphatic heterocycles. The molecule has 0 fully saturated rings. The van der Waals surface area contributed by atoms with Crippen molar-refractivity contribution in [2.45, 2.75) is 13.3 Å². The highest BCUT2D eigenvalue weighted by Crippen LogP contribution is 2.09. The number of carboxylic acids is 1. The van der Waals surface area contributed by atoms with Crippen LogP contribution in [0.4, 0.5) is 0 Å². The number of ketones is 1. The molecule has 70 valence electrons. The second-order valence-electron chi connectivity index (χ2n) is 2.21. The summed E-state index contributed by atoms with van der Waals surface area (Å²) in [7, 11) is 0. The lowest BCUT2D eigenvalue weighted by molar-refractivity contribution is -0.135. The van der Waals surface area contributed by atoms with Crippen molar-refractivity contribution in [2.75, 3.05) is 6.61 Å². The molecule has 0 aromatic heterocycles. The van der Waals surface area contributed by atoms with Crippen LogP contribution in [0.25, 0.3) is 0 Å². The topological polar surface area (TPSA) is 98.4 Å². The van der Waals surface area contributed by atoms with E-state index in [2.05, 4.69) is 0 Å². The standard InChI is InChI=1S/C8H9NO4/c1-2-5(3-9)7(8(12)13)6(11)4-10/h10H,2,4H2,1H3,(H,12,13). The number of carbonyl (C=O) groups excluding carboxylic acids is 1. The molecule has 0 saturated heterocycles. The zero-order valence-electron chi connectivity index (χ0n) is 7.07. The van der Waals surface area contributed by atoms with Gasteiger partial charge in [0.2, 0.25) is 0 Å². The molecular formula is C8H9NO4. The van der Waals surface area contributed by atoms with Gasteiger partial charge >= 0.3 is 5.97 Å². The normalized spacial score (nSPS) is 11.5. The first-order valence-corrected chi connectivity index (χ1v) is 3.59. The fourth-order valence-electron chi connectivity index (χ4n) is 0.807. The number of hydrogen-bond acceptors (Lipinski definition) is 4. The van der Waals surface area contributed by atoms with Crippen molar-refractivity contribution in [1.29, 1.82) is 5.26 Å². The predicted molar refractivity (Wildman–Crippen MR) is 42.7 cm³/mol. The van der Waals surface area contributed by atoms with E-state index in [0.29, 0.717) is 0 Å². The Kier molecular flexibility index (Phi) is 4.41. The summed E-state index contributed by atoms with van der Waals surface area (Å²) in [5, 5.41) is 25.5. The number of hydrogen-bond donors (Lipinski definition) is 2. The number of allylic oxidation sites excluding steroid dienone is 1. The van der Waals surface area contributed by atoms with E-state index in [-0.39, 0.29) is 12.0 Å². The lowest BCUT2D eigenvalue weighted by atomic mass is 10.0. The minimum absolute atomic E-state index is 0.119. The summed E-state index contributed by atoms with van der Waals surface area (Å²) in [5.41, 5.74) is -0.737. The summed E-state index contributed by atoms with van der Waals surface area (Å²) in [6.07, 6.45) is 0.157. The Labute approximate surface area is 74.9 Å². The first kappa shape index (κ1) is 11.3. The van der Waals surface area contributed by atoms with E-state index in [4.69, 9.17) is 15.5 Å². The molecule has 0 aromatic rings. The van der Waals surface area contributed by atoms with Gasteiger partial charge in [0.1, 0.15) is 12.2 Å². The van der Waals surface area contributed by atoms with Crippen molar-refractivity contribution in [3.8, 4) is 6.07 Å². The van der Waals surface area contributed by atoms with Crippen molar-refractivity contribution in [3.63, 3.8) is 0 Å². The van der Waals surface area contributed by atoms with E-state index >= 15 is 0 Å². The summed E-state index contributed by atoms with van der Waals surface area (Å²) in [4.78, 5) is 21.4. The molecule has 5 heteroatoms. The van der Waals surface area contributed by atoms with Crippen LogP contribution < -0.4 is 0 Å². The van der Waals surface area contributed by atoms with E-state index < -0.39 is 23.9 Å². The van der Waals surface area contributed by atoms with Crippen LogP contribution in [0, 0.1) is 11.3 Å². The Bertz CT molecular complexity index is 298. The minimum atomic E-state index is -1.47. The number of nitriles is 1. The number of aliphatic hydroxyl groups excluding tert-OH is 1. The van der Waals surface area contributed by atoms with Gasteiger partial charge in [0.25, 0.3) is 0 Å². The van der Waals surface area contributed by atoms with Crippen LogP contribution in [0.15, 0.2) is 11.1 Å². The van der Waals surface area contributed by atoms with Crippen LogP contribution in [0.1, 0.15) is 13.3 Å². The Morgan fingerprint density at radius 1 is 1.46 bits per heavy atom. The van der Waals surface area contributed by atoms with E-state index in [1.54, 1.807) is 13.0 Å². The smallest absolute Gasteiger partial charge is 0.340 e. The highest BCUT2D eigenvalue weighted by atomic mass is 16.4. The molecule has 0 aliphatic rings. The molecule has 5 nitrogen and oxygen atoms in total. The van der Waals surface area contributed by atoms with Gasteiger partial charge in [-0.25, -0.2) is 4.79 Å². The first-order valence-electron chi connectivity index (χ1n) is 3.59. The number of aliphatic carboxylic acids is 1. The Hall–Kier alpha value is -1.67. The van der Waals surface area contributed by atoms with E-state index in [0.717, 1.165) is 0 Å². The van der Waals surface area contributed by atoms with Crippen LogP contribution in [0.2, 0.25) is 0 Å². The molecule has 0 aromatic carbocycles. The zero-order chi connectivity index (χ0) is 10.4. The number of Topliss-reactive ketones (excluding diaryl/α,β-unsaturated/α-hetero) is 1. The van der Waals surface area contributed by atoms with E-state index in [1.807, 2.05) is 0 Å². The second-order valence-corrected chi connectivity index (χ2v) is 2.21. The van der Waals surface area contributed by atoms with E-state index in [9.17, 15) is 9.59 Å². The molecule has 0 saturated carbocycles. The molecule has 0 spiro atoms. The molecule has 0 atom stereocenters. The van der Waals surface area contributed by atoms with Gasteiger partial charge in [-0.05, 0) is 6.42 Å². The van der Waals surface area contributed by atoms with Crippen LogP contribution in [-0.4, -0.2) is 28.6 Å². The van der Waals surface area contributed by atoms with Crippen molar-refractivity contribution in [3.05, 3.63) is 11.1 Å². The Morgan fingerprint density at radius 2 is 2.00 bits per heavy atom. The summed E-state index contributed by atoms with van der Waals surface area (Å²) in [6.45, 7) is 0.666. The summed E-state index contributed by atoms with van der Waals surface area (Å²) in [5.74, 6) is -2.41. The average Bonchev–Trinajstić information content (AvgIpc) is 2.12. The number of carbonyl (C=O) groups is 2. The third-order valence-corrected chi connectivity index (χ3v) is 1.43. The highest BCUT2D eigenvalue weighted by Gasteiger charge is 2.20. The molecule has 0 aliphatic carbocycles. The first-order chi connectivity index (χ1) is 6.08. The van der Waals surface area contributed by atoms with Gasteiger partial charge in [-0.1, -0.05) is 6.92 Å². The summed E-state index contributed by atoms with van der Waals surface area (Å²) >= 11 is 0. The Balaban J connectivity index is 5.24. The van der Waals surface area contributed by atoms with Crippen molar-refractivity contribution < 1.29 is 19.8 Å². The molecule has 0 radical (unpaired) electrons. The van der Waals surface area contributed by atoms with Crippen LogP contribution >= 0.6 is 0 Å². The third kappa shape index (κ3) is 2.69. The fraction of sp³-hybridized carbons (Fsp3) is 0.375. The van der Waals surface area contributed by atoms with Gasteiger partial charge in [0.15, 0.2) is 5.78 Å². The molecular weight excluding hydrogens is 174 g/mol. The SMILES string of the molecule is CCC(C#N)=C(C(=O)O)C(=O)CO. The van der Waals surface area contributed by atoms with Gasteiger partial charge < -0.3 is 10.2 Å². The molecule has 2 N–H and O–H groups in total. The highest BCUT2D eigenvalue weighted by molar-refractivity contribution is 6.18. The summed E-state index contributed by atoms with van der Waals surface area (Å²) in [6, 6.07) is 1.62. The minimum Gasteiger partial charge on any atom is -0.478 e. The molecule has 0 unspecified atom stereocenters. The lowest BCUT2D eigenvalue weighted by Gasteiger charge is -2.00. The van der Waals surface area contributed by atoms with Crippen LogP contribution in [0.5, 0.6) is 0 Å². The molecule has 0 amide bonds. The maximum atomic E-state index is 10.9. The maximum Gasteiger partial charge on any atom is 0.340 e. The number of carboxylic acid groups (broad SMARTS) is 1. The van der Waals surface area contributed by atoms with Crippen molar-refractivity contribution in [1.82, 2.24) is 0 Å². The monoisotopic (exact) mass is 183 g/mol. The predicted octanol–water partition coefficient (Wildman–Crippen LogP) is -0.137. The maximum absolute atomic E-state index is 10.9. The van der Waals surface area contributed by atoms with Crippen LogP contribution in [-0.2, 0) is 9.59 Å². The summed E-state index contributed by atoms with van der Waals surface area (Å²) < 4.78 is 0. The number of nitrogens with zero attached hydrogens (tertiary/aromatic N) is 1. The van der Waals surface area contributed by atoms with Crippen LogP contribution in [0.3, 0.4) is 0 Å². The van der Waals surface area contributed by atoms with Gasteiger partial charge in [-0.2, -0.15) is 5.26 Å². The fourth-order valence-corrected chi connectivity index (χ4v) is 0.807. The van der Waals surface area contributed by atoms with Gasteiger partial charge in [0, 0.05) is 5.57 Å².